The molecule has 1 fully saturated rings. The van der Waals surface area contributed by atoms with Gasteiger partial charge in [0.05, 0.1) is 0 Å². The SMILES string of the molecule is CC(Cc1c(F)cccc1F)NC(=O)N1CCC(NS(=O)(=O)c2cccs2)CC1. The third-order valence-electron chi connectivity index (χ3n) is 4.81. The molecule has 29 heavy (non-hydrogen) atoms. The average Bonchev–Trinajstić information content (AvgIpc) is 3.21. The first-order valence-electron chi connectivity index (χ1n) is 9.30. The summed E-state index contributed by atoms with van der Waals surface area (Å²) in [7, 11) is -3.54. The van der Waals surface area contributed by atoms with Gasteiger partial charge in [-0.05, 0) is 49.8 Å². The van der Waals surface area contributed by atoms with Crippen LogP contribution in [0, 0.1) is 11.6 Å². The number of benzene rings is 1. The fraction of sp³-hybridized carbons (Fsp3) is 0.421. The zero-order valence-electron chi connectivity index (χ0n) is 15.9. The maximum Gasteiger partial charge on any atom is 0.317 e. The molecule has 0 aliphatic carbocycles. The Morgan fingerprint density at radius 2 is 1.86 bits per heavy atom. The Hall–Kier alpha value is -2.04. The summed E-state index contributed by atoms with van der Waals surface area (Å²) < 4.78 is 55.1. The second-order valence-corrected chi connectivity index (χ2v) is 9.96. The van der Waals surface area contributed by atoms with E-state index in [4.69, 9.17) is 0 Å². The van der Waals surface area contributed by atoms with Crippen molar-refractivity contribution in [2.75, 3.05) is 13.1 Å². The molecule has 2 N–H and O–H groups in total. The summed E-state index contributed by atoms with van der Waals surface area (Å²) in [4.78, 5) is 14.0. The minimum absolute atomic E-state index is 0.0430. The quantitative estimate of drug-likeness (QED) is 0.720. The van der Waals surface area contributed by atoms with E-state index in [0.29, 0.717) is 25.9 Å². The molecule has 1 aromatic heterocycles. The van der Waals surface area contributed by atoms with Crippen LogP contribution in [-0.4, -0.2) is 44.5 Å². The van der Waals surface area contributed by atoms with E-state index in [2.05, 4.69) is 10.0 Å². The van der Waals surface area contributed by atoms with E-state index in [1.807, 2.05) is 0 Å². The molecule has 1 atom stereocenters. The van der Waals surface area contributed by atoms with Crippen molar-refractivity contribution >= 4 is 27.4 Å². The van der Waals surface area contributed by atoms with E-state index in [-0.39, 0.29) is 28.3 Å². The maximum atomic E-state index is 13.8. The van der Waals surface area contributed by atoms with Crippen molar-refractivity contribution in [2.24, 2.45) is 0 Å². The Morgan fingerprint density at radius 1 is 1.21 bits per heavy atom. The standard InChI is InChI=1S/C19H23F2N3O3S2/c1-13(12-15-16(20)4-2-5-17(15)21)22-19(25)24-9-7-14(8-10-24)23-29(26,27)18-6-3-11-28-18/h2-6,11,13-14,23H,7-10,12H2,1H3,(H,22,25). The van der Waals surface area contributed by atoms with Crippen LogP contribution in [0.5, 0.6) is 0 Å². The van der Waals surface area contributed by atoms with Crippen molar-refractivity contribution in [3.8, 4) is 0 Å². The topological polar surface area (TPSA) is 78.5 Å². The Kier molecular flexibility index (Phi) is 6.86. The van der Waals surface area contributed by atoms with Crippen LogP contribution in [0.4, 0.5) is 13.6 Å². The van der Waals surface area contributed by atoms with Gasteiger partial charge in [-0.1, -0.05) is 12.1 Å². The average molecular weight is 444 g/mol. The molecule has 0 saturated carbocycles. The van der Waals surface area contributed by atoms with E-state index in [1.165, 1.54) is 18.2 Å². The van der Waals surface area contributed by atoms with Gasteiger partial charge in [0.2, 0.25) is 10.0 Å². The molecule has 1 saturated heterocycles. The number of nitrogens with one attached hydrogen (secondary N) is 2. The highest BCUT2D eigenvalue weighted by Crippen LogP contribution is 2.19. The maximum absolute atomic E-state index is 13.8. The van der Waals surface area contributed by atoms with Crippen LogP contribution >= 0.6 is 11.3 Å². The Morgan fingerprint density at radius 3 is 2.45 bits per heavy atom. The Bertz CT molecular complexity index is 923. The van der Waals surface area contributed by atoms with Gasteiger partial charge in [0, 0.05) is 30.7 Å². The van der Waals surface area contributed by atoms with Gasteiger partial charge >= 0.3 is 6.03 Å². The molecular formula is C19H23F2N3O3S2. The largest absolute Gasteiger partial charge is 0.335 e. The number of rotatable bonds is 6. The highest BCUT2D eigenvalue weighted by atomic mass is 32.2. The number of hydrogen-bond donors (Lipinski definition) is 2. The van der Waals surface area contributed by atoms with Crippen molar-refractivity contribution in [2.45, 2.75) is 42.5 Å². The van der Waals surface area contributed by atoms with Crippen LogP contribution < -0.4 is 10.0 Å². The van der Waals surface area contributed by atoms with E-state index in [9.17, 15) is 22.0 Å². The number of carbonyl (C=O) groups is 1. The Balaban J connectivity index is 1.48. The van der Waals surface area contributed by atoms with Crippen molar-refractivity contribution < 1.29 is 22.0 Å². The van der Waals surface area contributed by atoms with Crippen LogP contribution in [0.3, 0.4) is 0 Å². The van der Waals surface area contributed by atoms with Gasteiger partial charge in [0.25, 0.3) is 0 Å². The molecular weight excluding hydrogens is 420 g/mol. The molecule has 0 spiro atoms. The smallest absolute Gasteiger partial charge is 0.317 e. The molecule has 6 nitrogen and oxygen atoms in total. The van der Waals surface area contributed by atoms with Gasteiger partial charge < -0.3 is 10.2 Å². The highest BCUT2D eigenvalue weighted by Gasteiger charge is 2.27. The summed E-state index contributed by atoms with van der Waals surface area (Å²) in [6.45, 7) is 2.47. The predicted molar refractivity (Wildman–Crippen MR) is 107 cm³/mol. The van der Waals surface area contributed by atoms with Crippen molar-refractivity contribution in [3.63, 3.8) is 0 Å². The number of amides is 2. The van der Waals surface area contributed by atoms with Crippen LogP contribution in [0.15, 0.2) is 39.9 Å². The summed E-state index contributed by atoms with van der Waals surface area (Å²) in [5.41, 5.74) is -0.0537. The van der Waals surface area contributed by atoms with Gasteiger partial charge in [0.1, 0.15) is 15.8 Å². The number of likely N-dealkylation sites (tertiary alicyclic amines) is 1. The Labute approximate surface area is 173 Å². The first-order valence-corrected chi connectivity index (χ1v) is 11.7. The number of thiophene rings is 1. The summed E-state index contributed by atoms with van der Waals surface area (Å²) in [6.07, 6.45) is 1.03. The summed E-state index contributed by atoms with van der Waals surface area (Å²) in [6, 6.07) is 5.89. The summed E-state index contributed by atoms with van der Waals surface area (Å²) >= 11 is 1.15. The second-order valence-electron chi connectivity index (χ2n) is 7.07. The van der Waals surface area contributed by atoms with E-state index >= 15 is 0 Å². The summed E-state index contributed by atoms with van der Waals surface area (Å²) in [5.74, 6) is -1.27. The highest BCUT2D eigenvalue weighted by molar-refractivity contribution is 7.91. The minimum Gasteiger partial charge on any atom is -0.335 e. The fourth-order valence-corrected chi connectivity index (χ4v) is 5.60. The van der Waals surface area contributed by atoms with Crippen molar-refractivity contribution in [3.05, 3.63) is 52.9 Å². The molecule has 3 rings (SSSR count). The lowest BCUT2D eigenvalue weighted by atomic mass is 10.1. The van der Waals surface area contributed by atoms with Crippen LogP contribution in [0.2, 0.25) is 0 Å². The number of halogens is 2. The second kappa shape index (κ2) is 9.19. The van der Waals surface area contributed by atoms with Gasteiger partial charge in [-0.3, -0.25) is 0 Å². The van der Waals surface area contributed by atoms with Gasteiger partial charge in [-0.25, -0.2) is 26.7 Å². The minimum atomic E-state index is -3.54. The molecule has 158 valence electrons. The normalized spacial score (nSPS) is 16.6. The van der Waals surface area contributed by atoms with Gasteiger partial charge in [0.15, 0.2) is 0 Å². The fourth-order valence-electron chi connectivity index (χ4n) is 3.28. The lowest BCUT2D eigenvalue weighted by Gasteiger charge is -2.33. The molecule has 0 radical (unpaired) electrons. The van der Waals surface area contributed by atoms with Crippen LogP contribution in [0.1, 0.15) is 25.3 Å². The van der Waals surface area contributed by atoms with Crippen molar-refractivity contribution in [1.29, 1.82) is 0 Å². The first-order chi connectivity index (χ1) is 13.8. The number of hydrogen-bond acceptors (Lipinski definition) is 4. The zero-order chi connectivity index (χ0) is 21.0. The molecule has 10 heteroatoms. The van der Waals surface area contributed by atoms with Gasteiger partial charge in [-0.15, -0.1) is 11.3 Å². The van der Waals surface area contributed by atoms with Gasteiger partial charge in [-0.2, -0.15) is 0 Å². The number of carbonyl (C=O) groups excluding carboxylic acids is 1. The van der Waals surface area contributed by atoms with E-state index < -0.39 is 27.7 Å². The molecule has 1 unspecified atom stereocenters. The van der Waals surface area contributed by atoms with Crippen LogP contribution in [-0.2, 0) is 16.4 Å². The van der Waals surface area contributed by atoms with Crippen LogP contribution in [0.25, 0.3) is 0 Å². The molecule has 1 aromatic carbocycles. The number of piperidine rings is 1. The monoisotopic (exact) mass is 443 g/mol. The lowest BCUT2D eigenvalue weighted by molar-refractivity contribution is 0.177. The molecule has 2 heterocycles. The van der Waals surface area contributed by atoms with Crippen molar-refractivity contribution in [1.82, 2.24) is 14.9 Å². The van der Waals surface area contributed by atoms with E-state index in [1.54, 1.807) is 29.3 Å². The molecule has 1 aliphatic rings. The third-order valence-corrected chi connectivity index (χ3v) is 7.72. The molecule has 2 aromatic rings. The van der Waals surface area contributed by atoms with E-state index in [0.717, 1.165) is 11.3 Å². The molecule has 1 aliphatic heterocycles. The number of urea groups is 1. The zero-order valence-corrected chi connectivity index (χ0v) is 17.5. The molecule has 0 bridgehead atoms. The summed E-state index contributed by atoms with van der Waals surface area (Å²) in [5, 5.41) is 4.46. The third kappa shape index (κ3) is 5.52. The first kappa shape index (κ1) is 21.7. The molecule has 2 amide bonds. The number of nitrogens with zero attached hydrogens (tertiary/aromatic N) is 1. The number of sulfonamides is 1. The predicted octanol–water partition coefficient (Wildman–Crippen LogP) is 3.11. The lowest BCUT2D eigenvalue weighted by Crippen LogP contribution is -2.51.